The van der Waals surface area contributed by atoms with Gasteiger partial charge >= 0.3 is 5.97 Å². The molecule has 1 aromatic heterocycles. The van der Waals surface area contributed by atoms with E-state index in [0.717, 1.165) is 28.7 Å². The molecule has 0 radical (unpaired) electrons. The fraction of sp³-hybridized carbons (Fsp3) is 0.714. The van der Waals surface area contributed by atoms with Crippen LogP contribution in [0.5, 0.6) is 0 Å². The van der Waals surface area contributed by atoms with Crippen molar-refractivity contribution in [1.82, 2.24) is 4.98 Å². The Morgan fingerprint density at radius 2 is 1.74 bits per heavy atom. The second kappa shape index (κ2) is 3.95. The van der Waals surface area contributed by atoms with Gasteiger partial charge in [0.15, 0.2) is 5.69 Å². The second-order valence-electron chi connectivity index (χ2n) is 6.53. The van der Waals surface area contributed by atoms with Crippen molar-refractivity contribution >= 4 is 22.3 Å². The van der Waals surface area contributed by atoms with Gasteiger partial charge < -0.3 is 10.8 Å². The van der Waals surface area contributed by atoms with Crippen LogP contribution >= 0.6 is 11.3 Å². The standard InChI is InChI=1S/C14H18N2O2S/c15-12-11(14(17)18)16-13(19-12)10-8-2-6-1-7(4-8)5-9(10)3-6/h6-10H,1-5,15H2,(H,17,18). The molecule has 4 saturated carbocycles. The van der Waals surface area contributed by atoms with Crippen LogP contribution in [0.4, 0.5) is 5.00 Å². The van der Waals surface area contributed by atoms with Crippen molar-refractivity contribution in [1.29, 1.82) is 0 Å². The van der Waals surface area contributed by atoms with E-state index in [-0.39, 0.29) is 5.69 Å². The van der Waals surface area contributed by atoms with Gasteiger partial charge in [-0.1, -0.05) is 0 Å². The molecule has 0 atom stereocenters. The number of anilines is 1. The fourth-order valence-corrected chi connectivity index (χ4v) is 6.09. The molecule has 102 valence electrons. The SMILES string of the molecule is Nc1sc(C2C3CC4CC(C3)CC2C4)nc1C(=O)O. The Labute approximate surface area is 116 Å². The zero-order valence-electron chi connectivity index (χ0n) is 10.7. The number of nitrogens with zero attached hydrogens (tertiary/aromatic N) is 1. The first-order chi connectivity index (χ1) is 9.11. The minimum absolute atomic E-state index is 0.0637. The van der Waals surface area contributed by atoms with Crippen molar-refractivity contribution in [3.63, 3.8) is 0 Å². The molecule has 4 aliphatic carbocycles. The molecule has 0 saturated heterocycles. The van der Waals surface area contributed by atoms with E-state index in [1.807, 2.05) is 0 Å². The minimum atomic E-state index is -0.996. The highest BCUT2D eigenvalue weighted by Gasteiger charge is 2.49. The van der Waals surface area contributed by atoms with Gasteiger partial charge in [0.1, 0.15) is 5.00 Å². The van der Waals surface area contributed by atoms with Gasteiger partial charge in [0.2, 0.25) is 0 Å². The summed E-state index contributed by atoms with van der Waals surface area (Å²) in [5.41, 5.74) is 5.87. The maximum absolute atomic E-state index is 11.1. The van der Waals surface area contributed by atoms with Crippen molar-refractivity contribution in [2.45, 2.75) is 38.0 Å². The first-order valence-corrected chi connectivity index (χ1v) is 7.93. The minimum Gasteiger partial charge on any atom is -0.476 e. The lowest BCUT2D eigenvalue weighted by Gasteiger charge is -2.53. The molecule has 0 unspecified atom stereocenters. The highest BCUT2D eigenvalue weighted by Crippen LogP contribution is 2.60. The van der Waals surface area contributed by atoms with Crippen LogP contribution < -0.4 is 5.73 Å². The summed E-state index contributed by atoms with van der Waals surface area (Å²) in [6, 6.07) is 0. The summed E-state index contributed by atoms with van der Waals surface area (Å²) in [6.07, 6.45) is 6.71. The van der Waals surface area contributed by atoms with Crippen LogP contribution in [0.3, 0.4) is 0 Å². The Bertz CT molecular complexity index is 512. The van der Waals surface area contributed by atoms with Crippen LogP contribution in [0.15, 0.2) is 0 Å². The van der Waals surface area contributed by atoms with E-state index < -0.39 is 5.97 Å². The van der Waals surface area contributed by atoms with Crippen molar-refractivity contribution in [3.8, 4) is 0 Å². The van der Waals surface area contributed by atoms with E-state index in [4.69, 9.17) is 10.8 Å². The Morgan fingerprint density at radius 1 is 1.16 bits per heavy atom. The normalized spacial score (nSPS) is 39.7. The molecule has 1 heterocycles. The number of carbonyl (C=O) groups is 1. The van der Waals surface area contributed by atoms with Crippen LogP contribution in [0, 0.1) is 23.7 Å². The Hall–Kier alpha value is -1.10. The van der Waals surface area contributed by atoms with E-state index in [2.05, 4.69) is 4.98 Å². The summed E-state index contributed by atoms with van der Waals surface area (Å²) >= 11 is 1.41. The molecule has 0 amide bonds. The molecular formula is C14H18N2O2S. The van der Waals surface area contributed by atoms with Crippen molar-refractivity contribution < 1.29 is 9.90 Å². The monoisotopic (exact) mass is 278 g/mol. The van der Waals surface area contributed by atoms with Crippen LogP contribution in [0.25, 0.3) is 0 Å². The quantitative estimate of drug-likeness (QED) is 0.872. The number of thiazole rings is 1. The fourth-order valence-electron chi connectivity index (χ4n) is 4.97. The smallest absolute Gasteiger partial charge is 0.357 e. The topological polar surface area (TPSA) is 76.2 Å². The summed E-state index contributed by atoms with van der Waals surface area (Å²) < 4.78 is 0. The molecule has 3 N–H and O–H groups in total. The average molecular weight is 278 g/mol. The third-order valence-electron chi connectivity index (χ3n) is 5.38. The van der Waals surface area contributed by atoms with Crippen LogP contribution in [-0.2, 0) is 0 Å². The molecule has 4 nitrogen and oxygen atoms in total. The molecule has 1 aromatic rings. The molecule has 4 fully saturated rings. The maximum Gasteiger partial charge on any atom is 0.357 e. The van der Waals surface area contributed by atoms with Gasteiger partial charge in [-0.25, -0.2) is 9.78 Å². The number of aromatic carboxylic acids is 1. The highest BCUT2D eigenvalue weighted by molar-refractivity contribution is 7.16. The molecule has 19 heavy (non-hydrogen) atoms. The van der Waals surface area contributed by atoms with Crippen LogP contribution in [0.2, 0.25) is 0 Å². The van der Waals surface area contributed by atoms with Gasteiger partial charge in [-0.15, -0.1) is 11.3 Å². The Morgan fingerprint density at radius 3 is 2.21 bits per heavy atom. The van der Waals surface area contributed by atoms with Crippen molar-refractivity contribution in [2.75, 3.05) is 5.73 Å². The summed E-state index contributed by atoms with van der Waals surface area (Å²) in [5.74, 6) is 2.79. The number of hydrogen-bond donors (Lipinski definition) is 2. The zero-order chi connectivity index (χ0) is 13.1. The number of carboxylic acid groups (broad SMARTS) is 1. The number of rotatable bonds is 2. The van der Waals surface area contributed by atoms with Crippen LogP contribution in [0.1, 0.15) is 53.5 Å². The number of hydrogen-bond acceptors (Lipinski definition) is 4. The number of nitrogens with two attached hydrogens (primary N) is 1. The molecular weight excluding hydrogens is 260 g/mol. The van der Waals surface area contributed by atoms with Gasteiger partial charge in [0, 0.05) is 5.92 Å². The zero-order valence-corrected chi connectivity index (χ0v) is 11.5. The Kier molecular flexibility index (Phi) is 2.43. The van der Waals surface area contributed by atoms with E-state index >= 15 is 0 Å². The molecule has 0 spiro atoms. The number of carboxylic acids is 1. The lowest BCUT2D eigenvalue weighted by Crippen LogP contribution is -2.43. The molecule has 0 aliphatic heterocycles. The number of aromatic nitrogens is 1. The van der Waals surface area contributed by atoms with Gasteiger partial charge in [0.05, 0.1) is 5.01 Å². The van der Waals surface area contributed by atoms with Gasteiger partial charge in [-0.2, -0.15) is 0 Å². The maximum atomic E-state index is 11.1. The lowest BCUT2D eigenvalue weighted by molar-refractivity contribution is -0.00291. The summed E-state index contributed by atoms with van der Waals surface area (Å²) in [6.45, 7) is 0. The second-order valence-corrected chi connectivity index (χ2v) is 7.59. The summed E-state index contributed by atoms with van der Waals surface area (Å²) in [7, 11) is 0. The van der Waals surface area contributed by atoms with Gasteiger partial charge in [-0.05, 0) is 55.8 Å². The van der Waals surface area contributed by atoms with Crippen molar-refractivity contribution in [2.24, 2.45) is 23.7 Å². The van der Waals surface area contributed by atoms with E-state index in [9.17, 15) is 4.79 Å². The number of nitrogen functional groups attached to an aromatic ring is 1. The molecule has 0 aromatic carbocycles. The van der Waals surface area contributed by atoms with Crippen LogP contribution in [-0.4, -0.2) is 16.1 Å². The highest BCUT2D eigenvalue weighted by atomic mass is 32.1. The van der Waals surface area contributed by atoms with E-state index in [1.165, 1.54) is 43.4 Å². The van der Waals surface area contributed by atoms with Crippen molar-refractivity contribution in [3.05, 3.63) is 10.7 Å². The largest absolute Gasteiger partial charge is 0.476 e. The first-order valence-electron chi connectivity index (χ1n) is 7.11. The summed E-state index contributed by atoms with van der Waals surface area (Å²) in [4.78, 5) is 15.4. The third kappa shape index (κ3) is 1.71. The molecule has 4 bridgehead atoms. The predicted molar refractivity (Wildman–Crippen MR) is 73.3 cm³/mol. The van der Waals surface area contributed by atoms with E-state index in [1.54, 1.807) is 0 Å². The molecule has 4 aliphatic rings. The average Bonchev–Trinajstić information content (AvgIpc) is 2.69. The summed E-state index contributed by atoms with van der Waals surface area (Å²) in [5, 5.41) is 10.5. The lowest BCUT2D eigenvalue weighted by atomic mass is 9.52. The molecule has 5 heteroatoms. The predicted octanol–water partition coefficient (Wildman–Crippen LogP) is 2.96. The molecule has 5 rings (SSSR count). The third-order valence-corrected chi connectivity index (χ3v) is 6.37. The van der Waals surface area contributed by atoms with Gasteiger partial charge in [-0.3, -0.25) is 0 Å². The Balaban J connectivity index is 1.69. The first kappa shape index (κ1) is 11.7. The van der Waals surface area contributed by atoms with E-state index in [0.29, 0.717) is 10.9 Å². The van der Waals surface area contributed by atoms with Gasteiger partial charge in [0.25, 0.3) is 0 Å².